The molecule has 0 spiro atoms. The Balaban J connectivity index is 1.65. The minimum atomic E-state index is -0.520. The van der Waals surface area contributed by atoms with Crippen LogP contribution in [-0.2, 0) is 6.42 Å². The number of hydrogen-bond donors (Lipinski definition) is 2. The van der Waals surface area contributed by atoms with Crippen LogP contribution in [0.1, 0.15) is 25.3 Å². The zero-order chi connectivity index (χ0) is 17.3. The Morgan fingerprint density at radius 1 is 0.917 bits per heavy atom. The van der Waals surface area contributed by atoms with Crippen molar-refractivity contribution < 1.29 is 14.6 Å². The molecule has 0 saturated heterocycles. The Labute approximate surface area is 144 Å². The zero-order valence-electron chi connectivity index (χ0n) is 14.3. The van der Waals surface area contributed by atoms with Crippen LogP contribution in [0.3, 0.4) is 0 Å². The molecule has 0 saturated carbocycles. The molecule has 2 rings (SSSR count). The number of para-hydroxylation sites is 1. The van der Waals surface area contributed by atoms with Crippen LogP contribution in [0, 0.1) is 0 Å². The van der Waals surface area contributed by atoms with E-state index in [1.54, 1.807) is 0 Å². The van der Waals surface area contributed by atoms with Gasteiger partial charge in [0.1, 0.15) is 11.5 Å². The predicted molar refractivity (Wildman–Crippen MR) is 96.5 cm³/mol. The summed E-state index contributed by atoms with van der Waals surface area (Å²) in [5.41, 5.74) is 6.62. The van der Waals surface area contributed by atoms with E-state index in [2.05, 4.69) is 0 Å². The summed E-state index contributed by atoms with van der Waals surface area (Å²) in [5.74, 6) is 1.74. The van der Waals surface area contributed by atoms with Crippen molar-refractivity contribution >= 4 is 0 Å². The number of aliphatic hydroxyl groups is 1. The van der Waals surface area contributed by atoms with Crippen LogP contribution in [0.25, 0.3) is 0 Å². The molecule has 4 nitrogen and oxygen atoms in total. The first-order valence-corrected chi connectivity index (χ1v) is 8.38. The van der Waals surface area contributed by atoms with Crippen LogP contribution in [0.2, 0.25) is 0 Å². The Morgan fingerprint density at radius 2 is 1.50 bits per heavy atom. The van der Waals surface area contributed by atoms with Crippen LogP contribution in [0.4, 0.5) is 0 Å². The van der Waals surface area contributed by atoms with E-state index in [1.165, 1.54) is 5.56 Å². The number of aryl methyl sites for hydroxylation is 1. The van der Waals surface area contributed by atoms with Gasteiger partial charge in [-0.2, -0.15) is 0 Å². The van der Waals surface area contributed by atoms with Crippen LogP contribution in [0.5, 0.6) is 11.5 Å². The smallest absolute Gasteiger partial charge is 0.119 e. The van der Waals surface area contributed by atoms with Gasteiger partial charge in [0, 0.05) is 12.0 Å². The lowest BCUT2D eigenvalue weighted by Crippen LogP contribution is -2.40. The summed E-state index contributed by atoms with van der Waals surface area (Å²) in [6.45, 7) is 3.12. The third-order valence-corrected chi connectivity index (χ3v) is 3.84. The summed E-state index contributed by atoms with van der Waals surface area (Å²) in [4.78, 5) is 0. The number of nitrogens with two attached hydrogens (primary N) is 1. The van der Waals surface area contributed by atoms with Gasteiger partial charge in [-0.25, -0.2) is 0 Å². The molecular weight excluding hydrogens is 302 g/mol. The average molecular weight is 329 g/mol. The van der Waals surface area contributed by atoms with Gasteiger partial charge in [-0.15, -0.1) is 0 Å². The van der Waals surface area contributed by atoms with E-state index in [-0.39, 0.29) is 6.61 Å². The molecule has 4 heteroatoms. The molecule has 3 N–H and O–H groups in total. The molecule has 0 aromatic heterocycles. The zero-order valence-corrected chi connectivity index (χ0v) is 14.3. The normalized spacial score (nSPS) is 13.3. The Morgan fingerprint density at radius 3 is 2.08 bits per heavy atom. The SMILES string of the molecule is CC(N)(CO)CCc1ccc(OCCCOc2ccccc2)cc1. The Bertz CT molecular complexity index is 582. The first-order chi connectivity index (χ1) is 11.6. The van der Waals surface area contributed by atoms with Crippen molar-refractivity contribution in [3.05, 3.63) is 60.2 Å². The molecule has 0 aliphatic carbocycles. The topological polar surface area (TPSA) is 64.7 Å². The van der Waals surface area contributed by atoms with Gasteiger partial charge in [0.05, 0.1) is 19.8 Å². The first-order valence-electron chi connectivity index (χ1n) is 8.38. The van der Waals surface area contributed by atoms with Crippen molar-refractivity contribution in [2.24, 2.45) is 5.73 Å². The van der Waals surface area contributed by atoms with Crippen molar-refractivity contribution in [2.45, 2.75) is 31.7 Å². The molecule has 24 heavy (non-hydrogen) atoms. The van der Waals surface area contributed by atoms with E-state index in [0.29, 0.717) is 13.2 Å². The second-order valence-electron chi connectivity index (χ2n) is 6.32. The molecule has 2 aromatic carbocycles. The highest BCUT2D eigenvalue weighted by atomic mass is 16.5. The van der Waals surface area contributed by atoms with Crippen molar-refractivity contribution in [2.75, 3.05) is 19.8 Å². The standard InChI is InChI=1S/C20H27NO3/c1-20(21,16-22)13-12-17-8-10-19(11-9-17)24-15-5-14-23-18-6-3-2-4-7-18/h2-4,6-11,22H,5,12-16,21H2,1H3. The summed E-state index contributed by atoms with van der Waals surface area (Å²) in [7, 11) is 0. The molecule has 0 bridgehead atoms. The lowest BCUT2D eigenvalue weighted by atomic mass is 9.95. The van der Waals surface area contributed by atoms with E-state index in [1.807, 2.05) is 61.5 Å². The van der Waals surface area contributed by atoms with E-state index in [0.717, 1.165) is 30.8 Å². The highest BCUT2D eigenvalue weighted by molar-refractivity contribution is 5.27. The highest BCUT2D eigenvalue weighted by Gasteiger charge is 2.16. The fraction of sp³-hybridized carbons (Fsp3) is 0.400. The first kappa shape index (κ1) is 18.3. The largest absolute Gasteiger partial charge is 0.493 e. The monoisotopic (exact) mass is 329 g/mol. The van der Waals surface area contributed by atoms with Gasteiger partial charge in [0.15, 0.2) is 0 Å². The van der Waals surface area contributed by atoms with Gasteiger partial charge < -0.3 is 20.3 Å². The quantitative estimate of drug-likeness (QED) is 0.657. The molecule has 0 aliphatic heterocycles. The molecule has 130 valence electrons. The molecule has 0 fully saturated rings. The molecule has 0 heterocycles. The van der Waals surface area contributed by atoms with E-state index < -0.39 is 5.54 Å². The third kappa shape index (κ3) is 6.60. The Hall–Kier alpha value is -2.04. The number of hydrogen-bond acceptors (Lipinski definition) is 4. The summed E-state index contributed by atoms with van der Waals surface area (Å²) in [6, 6.07) is 17.8. The van der Waals surface area contributed by atoms with Crippen molar-refractivity contribution in [3.63, 3.8) is 0 Å². The lowest BCUT2D eigenvalue weighted by Gasteiger charge is -2.21. The van der Waals surface area contributed by atoms with E-state index >= 15 is 0 Å². The summed E-state index contributed by atoms with van der Waals surface area (Å²) in [6.07, 6.45) is 2.43. The molecule has 0 amide bonds. The molecule has 0 radical (unpaired) electrons. The highest BCUT2D eigenvalue weighted by Crippen LogP contribution is 2.16. The van der Waals surface area contributed by atoms with E-state index in [9.17, 15) is 5.11 Å². The minimum absolute atomic E-state index is 0.000747. The minimum Gasteiger partial charge on any atom is -0.493 e. The van der Waals surface area contributed by atoms with Gasteiger partial charge in [0.25, 0.3) is 0 Å². The third-order valence-electron chi connectivity index (χ3n) is 3.84. The maximum atomic E-state index is 9.17. The summed E-state index contributed by atoms with van der Waals surface area (Å²) < 4.78 is 11.3. The second kappa shape index (κ2) is 9.30. The predicted octanol–water partition coefficient (Wildman–Crippen LogP) is 3.18. The number of aliphatic hydroxyl groups excluding tert-OH is 1. The fourth-order valence-corrected chi connectivity index (χ4v) is 2.22. The number of rotatable bonds is 10. The summed E-state index contributed by atoms with van der Waals surface area (Å²) >= 11 is 0. The van der Waals surface area contributed by atoms with Gasteiger partial charge >= 0.3 is 0 Å². The number of benzene rings is 2. The van der Waals surface area contributed by atoms with Gasteiger partial charge in [-0.05, 0) is 49.6 Å². The maximum Gasteiger partial charge on any atom is 0.119 e. The molecular formula is C20H27NO3. The molecule has 1 atom stereocenters. The molecule has 2 aromatic rings. The van der Waals surface area contributed by atoms with Crippen LogP contribution < -0.4 is 15.2 Å². The average Bonchev–Trinajstić information content (AvgIpc) is 2.62. The molecule has 0 aliphatic rings. The lowest BCUT2D eigenvalue weighted by molar-refractivity contribution is 0.200. The van der Waals surface area contributed by atoms with Crippen molar-refractivity contribution in [1.29, 1.82) is 0 Å². The van der Waals surface area contributed by atoms with Gasteiger partial charge in [0.2, 0.25) is 0 Å². The van der Waals surface area contributed by atoms with Crippen LogP contribution in [-0.4, -0.2) is 30.5 Å². The fourth-order valence-electron chi connectivity index (χ4n) is 2.22. The van der Waals surface area contributed by atoms with Crippen molar-refractivity contribution in [3.8, 4) is 11.5 Å². The second-order valence-corrected chi connectivity index (χ2v) is 6.32. The molecule has 1 unspecified atom stereocenters. The summed E-state index contributed by atoms with van der Waals surface area (Å²) in [5, 5.41) is 9.17. The van der Waals surface area contributed by atoms with E-state index in [4.69, 9.17) is 15.2 Å². The van der Waals surface area contributed by atoms with Gasteiger partial charge in [-0.1, -0.05) is 30.3 Å². The maximum absolute atomic E-state index is 9.17. The number of ether oxygens (including phenoxy) is 2. The van der Waals surface area contributed by atoms with Crippen LogP contribution in [0.15, 0.2) is 54.6 Å². The Kier molecular flexibility index (Phi) is 7.09. The van der Waals surface area contributed by atoms with Gasteiger partial charge in [-0.3, -0.25) is 0 Å². The van der Waals surface area contributed by atoms with Crippen LogP contribution >= 0.6 is 0 Å². The van der Waals surface area contributed by atoms with Crippen molar-refractivity contribution in [1.82, 2.24) is 0 Å².